The normalized spacial score (nSPS) is 10.9. The summed E-state index contributed by atoms with van der Waals surface area (Å²) in [7, 11) is 0. The Morgan fingerprint density at radius 2 is 2.10 bits per heavy atom. The molecule has 3 rings (SSSR count). The van der Waals surface area contributed by atoms with Gasteiger partial charge in [-0.1, -0.05) is 0 Å². The molecule has 0 bridgehead atoms. The average Bonchev–Trinajstić information content (AvgIpc) is 2.77. The zero-order valence-electron chi connectivity index (χ0n) is 9.92. The maximum atomic E-state index is 13.4. The van der Waals surface area contributed by atoms with Crippen molar-refractivity contribution < 1.29 is 14.3 Å². The summed E-state index contributed by atoms with van der Waals surface area (Å²) in [5, 5.41) is 13.6. The summed E-state index contributed by atoms with van der Waals surface area (Å²) in [5.41, 5.74) is 0.248. The van der Waals surface area contributed by atoms with Gasteiger partial charge in [-0.05, 0) is 46.9 Å². The van der Waals surface area contributed by atoms with E-state index in [-0.39, 0.29) is 5.69 Å². The molecule has 3 aromatic rings. The first-order chi connectivity index (χ1) is 9.56. The Hall–Kier alpha value is -2.03. The van der Waals surface area contributed by atoms with Gasteiger partial charge in [0.2, 0.25) is 0 Å². The van der Waals surface area contributed by atoms with E-state index in [2.05, 4.69) is 32.7 Å². The Bertz CT molecular complexity index is 832. The van der Waals surface area contributed by atoms with Gasteiger partial charge in [-0.2, -0.15) is 5.10 Å². The van der Waals surface area contributed by atoms with Gasteiger partial charge in [0.1, 0.15) is 5.82 Å². The summed E-state index contributed by atoms with van der Waals surface area (Å²) in [4.78, 5) is 15.4. The van der Waals surface area contributed by atoms with Crippen LogP contribution in [0.5, 0.6) is 0 Å². The van der Waals surface area contributed by atoms with E-state index in [0.717, 1.165) is 3.57 Å². The van der Waals surface area contributed by atoms with Crippen molar-refractivity contribution in [3.8, 4) is 5.82 Å². The monoisotopic (exact) mass is 383 g/mol. The highest BCUT2D eigenvalue weighted by molar-refractivity contribution is 14.1. The van der Waals surface area contributed by atoms with E-state index in [4.69, 9.17) is 0 Å². The Balaban J connectivity index is 2.35. The summed E-state index contributed by atoms with van der Waals surface area (Å²) in [5.74, 6) is -1.17. The number of halogens is 2. The van der Waals surface area contributed by atoms with Gasteiger partial charge in [0.05, 0.1) is 5.52 Å². The Labute approximate surface area is 126 Å². The molecule has 0 unspecified atom stereocenters. The number of aromatic nitrogens is 3. The molecule has 100 valence electrons. The fraction of sp³-hybridized carbons (Fsp3) is 0. The van der Waals surface area contributed by atoms with Gasteiger partial charge in [-0.15, -0.1) is 0 Å². The molecule has 5 nitrogen and oxygen atoms in total. The number of aromatic carboxylic acids is 1. The van der Waals surface area contributed by atoms with E-state index < -0.39 is 11.8 Å². The molecule has 0 amide bonds. The molecule has 0 spiro atoms. The second kappa shape index (κ2) is 4.82. The van der Waals surface area contributed by atoms with Crippen molar-refractivity contribution in [1.29, 1.82) is 0 Å². The third kappa shape index (κ3) is 2.13. The van der Waals surface area contributed by atoms with Gasteiger partial charge in [-0.3, -0.25) is 0 Å². The highest BCUT2D eigenvalue weighted by atomic mass is 127. The molecule has 0 aliphatic carbocycles. The van der Waals surface area contributed by atoms with Gasteiger partial charge >= 0.3 is 5.97 Å². The minimum Gasteiger partial charge on any atom is -0.476 e. The van der Waals surface area contributed by atoms with Crippen LogP contribution in [0.3, 0.4) is 0 Å². The van der Waals surface area contributed by atoms with Crippen LogP contribution in [0.15, 0.2) is 36.5 Å². The molecule has 0 fully saturated rings. The van der Waals surface area contributed by atoms with Crippen LogP contribution in [-0.4, -0.2) is 25.8 Å². The summed E-state index contributed by atoms with van der Waals surface area (Å²) in [6.45, 7) is 0. The SMILES string of the molecule is O=C(O)c1nn(-c2cc(I)ccn2)c2cc(F)ccc12. The van der Waals surface area contributed by atoms with Crippen molar-refractivity contribution in [2.24, 2.45) is 0 Å². The van der Waals surface area contributed by atoms with E-state index in [1.165, 1.54) is 22.9 Å². The minimum absolute atomic E-state index is 0.124. The van der Waals surface area contributed by atoms with Crippen LogP contribution in [0.25, 0.3) is 16.7 Å². The van der Waals surface area contributed by atoms with Gasteiger partial charge in [0.25, 0.3) is 0 Å². The Morgan fingerprint density at radius 3 is 2.80 bits per heavy atom. The van der Waals surface area contributed by atoms with E-state index in [1.54, 1.807) is 18.3 Å². The maximum absolute atomic E-state index is 13.4. The zero-order valence-corrected chi connectivity index (χ0v) is 12.1. The standard InChI is InChI=1S/C13H7FIN3O2/c14-7-1-2-9-10(5-7)18(17-12(9)13(19)20)11-6-8(15)3-4-16-11/h1-6H,(H,19,20). The van der Waals surface area contributed by atoms with E-state index >= 15 is 0 Å². The van der Waals surface area contributed by atoms with Crippen molar-refractivity contribution in [1.82, 2.24) is 14.8 Å². The van der Waals surface area contributed by atoms with Gasteiger partial charge in [0.15, 0.2) is 11.5 Å². The molecule has 7 heteroatoms. The lowest BCUT2D eigenvalue weighted by Gasteiger charge is -2.02. The highest BCUT2D eigenvalue weighted by Crippen LogP contribution is 2.23. The molecule has 1 N–H and O–H groups in total. The first-order valence-electron chi connectivity index (χ1n) is 5.60. The molecule has 20 heavy (non-hydrogen) atoms. The molecular formula is C13H7FIN3O2. The number of rotatable bonds is 2. The van der Waals surface area contributed by atoms with Crippen LogP contribution < -0.4 is 0 Å². The summed E-state index contributed by atoms with van der Waals surface area (Å²) >= 11 is 2.11. The third-order valence-corrected chi connectivity index (χ3v) is 3.44. The molecular weight excluding hydrogens is 376 g/mol. The Morgan fingerprint density at radius 1 is 1.30 bits per heavy atom. The lowest BCUT2D eigenvalue weighted by molar-refractivity contribution is 0.0692. The topological polar surface area (TPSA) is 68.0 Å². The summed E-state index contributed by atoms with van der Waals surface area (Å²) < 4.78 is 15.7. The van der Waals surface area contributed by atoms with Crippen molar-refractivity contribution in [2.45, 2.75) is 0 Å². The number of hydrogen-bond acceptors (Lipinski definition) is 3. The zero-order chi connectivity index (χ0) is 14.3. The smallest absolute Gasteiger partial charge is 0.357 e. The largest absolute Gasteiger partial charge is 0.476 e. The predicted molar refractivity (Wildman–Crippen MR) is 78.5 cm³/mol. The second-order valence-electron chi connectivity index (χ2n) is 4.06. The van der Waals surface area contributed by atoms with E-state index in [0.29, 0.717) is 16.7 Å². The van der Waals surface area contributed by atoms with Crippen LogP contribution in [0, 0.1) is 9.39 Å². The van der Waals surface area contributed by atoms with Crippen LogP contribution in [0.2, 0.25) is 0 Å². The second-order valence-corrected chi connectivity index (χ2v) is 5.30. The average molecular weight is 383 g/mol. The number of benzene rings is 1. The highest BCUT2D eigenvalue weighted by Gasteiger charge is 2.18. The number of carbonyl (C=O) groups is 1. The van der Waals surface area contributed by atoms with Crippen molar-refractivity contribution in [3.05, 3.63) is 51.6 Å². The molecule has 1 aromatic carbocycles. The maximum Gasteiger partial charge on any atom is 0.357 e. The number of hydrogen-bond donors (Lipinski definition) is 1. The fourth-order valence-electron chi connectivity index (χ4n) is 1.93. The molecule has 0 aliphatic heterocycles. The molecule has 2 aromatic heterocycles. The summed E-state index contributed by atoms with van der Waals surface area (Å²) in [6.07, 6.45) is 1.59. The third-order valence-electron chi connectivity index (χ3n) is 2.77. The first-order valence-corrected chi connectivity index (χ1v) is 6.67. The number of pyridine rings is 1. The van der Waals surface area contributed by atoms with Gasteiger partial charge in [-0.25, -0.2) is 18.9 Å². The van der Waals surface area contributed by atoms with Crippen molar-refractivity contribution in [2.75, 3.05) is 0 Å². The lowest BCUT2D eigenvalue weighted by Crippen LogP contribution is -2.03. The molecule has 2 heterocycles. The van der Waals surface area contributed by atoms with Crippen LogP contribution in [-0.2, 0) is 0 Å². The molecule has 0 saturated carbocycles. The number of fused-ring (bicyclic) bond motifs is 1. The van der Waals surface area contributed by atoms with Crippen LogP contribution >= 0.6 is 22.6 Å². The Kier molecular flexibility index (Phi) is 3.13. The molecule has 0 radical (unpaired) electrons. The van der Waals surface area contributed by atoms with E-state index in [9.17, 15) is 14.3 Å². The fourth-order valence-corrected chi connectivity index (χ4v) is 2.37. The van der Waals surface area contributed by atoms with Crippen LogP contribution in [0.4, 0.5) is 4.39 Å². The number of carboxylic acids is 1. The van der Waals surface area contributed by atoms with Crippen molar-refractivity contribution >= 4 is 39.5 Å². The quantitative estimate of drug-likeness (QED) is 0.692. The van der Waals surface area contributed by atoms with Gasteiger partial charge in [0, 0.05) is 21.2 Å². The summed E-state index contributed by atoms with van der Waals surface area (Å²) in [6, 6.07) is 7.41. The number of nitrogens with zero attached hydrogens (tertiary/aromatic N) is 3. The molecule has 0 saturated heterocycles. The predicted octanol–water partition coefficient (Wildman–Crippen LogP) is 2.86. The molecule has 0 aliphatic rings. The molecule has 0 atom stereocenters. The minimum atomic E-state index is -1.16. The van der Waals surface area contributed by atoms with E-state index in [1.807, 2.05) is 0 Å². The van der Waals surface area contributed by atoms with Crippen molar-refractivity contribution in [3.63, 3.8) is 0 Å². The van der Waals surface area contributed by atoms with Gasteiger partial charge < -0.3 is 5.11 Å². The number of carboxylic acid groups (broad SMARTS) is 1. The first kappa shape index (κ1) is 13.0. The lowest BCUT2D eigenvalue weighted by atomic mass is 10.2. The van der Waals surface area contributed by atoms with Crippen LogP contribution in [0.1, 0.15) is 10.5 Å².